The van der Waals surface area contributed by atoms with Crippen molar-refractivity contribution >= 4 is 17.9 Å². The Morgan fingerprint density at radius 2 is 2.10 bits per heavy atom. The summed E-state index contributed by atoms with van der Waals surface area (Å²) in [5, 5.41) is 0.539. The van der Waals surface area contributed by atoms with Gasteiger partial charge in [0.1, 0.15) is 11.9 Å². The molecule has 4 nitrogen and oxygen atoms in total. The molecule has 0 saturated carbocycles. The van der Waals surface area contributed by atoms with Crippen molar-refractivity contribution in [2.45, 2.75) is 37.4 Å². The van der Waals surface area contributed by atoms with Crippen LogP contribution in [0.25, 0.3) is 0 Å². The van der Waals surface area contributed by atoms with Crippen molar-refractivity contribution in [2.24, 2.45) is 0 Å². The van der Waals surface area contributed by atoms with E-state index in [0.717, 1.165) is 45.2 Å². The molecule has 0 amide bonds. The van der Waals surface area contributed by atoms with Crippen molar-refractivity contribution < 1.29 is 19.0 Å². The number of halogens is 1. The van der Waals surface area contributed by atoms with Gasteiger partial charge in [-0.15, -0.1) is 0 Å². The minimum Gasteiger partial charge on any atom is -0.489 e. The van der Waals surface area contributed by atoms with Crippen LogP contribution >= 0.6 is 11.6 Å². The van der Waals surface area contributed by atoms with E-state index in [0.29, 0.717) is 22.9 Å². The van der Waals surface area contributed by atoms with Gasteiger partial charge >= 0.3 is 0 Å². The lowest BCUT2D eigenvalue weighted by Gasteiger charge is -2.43. The maximum absolute atomic E-state index is 11.1. The monoisotopic (exact) mass is 310 g/mol. The quantitative estimate of drug-likeness (QED) is 0.804. The van der Waals surface area contributed by atoms with E-state index in [1.807, 2.05) is 0 Å². The van der Waals surface area contributed by atoms with Gasteiger partial charge in [0.15, 0.2) is 6.29 Å². The predicted octanol–water partition coefficient (Wildman–Crippen LogP) is 3.26. The third-order valence-corrected chi connectivity index (χ3v) is 4.48. The lowest BCUT2D eigenvalue weighted by Crippen LogP contribution is -2.47. The highest BCUT2D eigenvalue weighted by atomic mass is 35.5. The molecule has 1 spiro atoms. The van der Waals surface area contributed by atoms with Gasteiger partial charge in [0, 0.05) is 31.1 Å². The first-order valence-electron chi connectivity index (χ1n) is 7.34. The molecule has 21 heavy (non-hydrogen) atoms. The Hall–Kier alpha value is -1.10. The maximum atomic E-state index is 11.1. The number of carbonyl (C=O) groups is 1. The van der Waals surface area contributed by atoms with Crippen molar-refractivity contribution in [3.05, 3.63) is 28.8 Å². The first kappa shape index (κ1) is 14.8. The van der Waals surface area contributed by atoms with Gasteiger partial charge in [-0.25, -0.2) is 0 Å². The Labute approximate surface area is 129 Å². The number of hydrogen-bond donors (Lipinski definition) is 0. The minimum atomic E-state index is -0.116. The van der Waals surface area contributed by atoms with Crippen LogP contribution in [0.3, 0.4) is 0 Å². The van der Waals surface area contributed by atoms with Crippen LogP contribution in [-0.2, 0) is 9.47 Å². The molecule has 1 atom stereocenters. The van der Waals surface area contributed by atoms with Crippen molar-refractivity contribution in [1.82, 2.24) is 0 Å². The third kappa shape index (κ3) is 3.39. The first-order chi connectivity index (χ1) is 10.2. The molecule has 1 aromatic rings. The average molecular weight is 311 g/mol. The molecule has 2 heterocycles. The lowest BCUT2D eigenvalue weighted by atomic mass is 9.85. The third-order valence-electron chi connectivity index (χ3n) is 4.24. The lowest BCUT2D eigenvalue weighted by molar-refractivity contribution is -0.155. The highest BCUT2D eigenvalue weighted by Crippen LogP contribution is 2.36. The first-order valence-corrected chi connectivity index (χ1v) is 7.72. The normalized spacial score (nSPS) is 24.7. The van der Waals surface area contributed by atoms with Crippen LogP contribution in [0.1, 0.15) is 36.0 Å². The topological polar surface area (TPSA) is 44.8 Å². The van der Waals surface area contributed by atoms with Gasteiger partial charge in [0.2, 0.25) is 0 Å². The van der Waals surface area contributed by atoms with E-state index in [1.54, 1.807) is 18.2 Å². The van der Waals surface area contributed by atoms with Crippen LogP contribution in [0.2, 0.25) is 5.02 Å². The van der Waals surface area contributed by atoms with Crippen LogP contribution < -0.4 is 4.74 Å². The van der Waals surface area contributed by atoms with Crippen molar-refractivity contribution in [2.75, 3.05) is 19.8 Å². The van der Waals surface area contributed by atoms with E-state index < -0.39 is 0 Å². The molecular weight excluding hydrogens is 292 g/mol. The highest BCUT2D eigenvalue weighted by molar-refractivity contribution is 6.30. The Morgan fingerprint density at radius 3 is 2.86 bits per heavy atom. The molecule has 0 N–H and O–H groups in total. The van der Waals surface area contributed by atoms with Crippen LogP contribution in [0.5, 0.6) is 5.75 Å². The Kier molecular flexibility index (Phi) is 4.48. The highest BCUT2D eigenvalue weighted by Gasteiger charge is 2.40. The van der Waals surface area contributed by atoms with E-state index in [1.165, 1.54) is 0 Å². The molecule has 2 aliphatic rings. The fourth-order valence-corrected chi connectivity index (χ4v) is 3.25. The maximum Gasteiger partial charge on any atom is 0.153 e. The second-order valence-corrected chi connectivity index (χ2v) is 6.11. The van der Waals surface area contributed by atoms with Crippen molar-refractivity contribution in [3.63, 3.8) is 0 Å². The summed E-state index contributed by atoms with van der Waals surface area (Å²) in [7, 11) is 0. The molecule has 0 bridgehead atoms. The van der Waals surface area contributed by atoms with Gasteiger partial charge in [0.25, 0.3) is 0 Å². The molecule has 2 fully saturated rings. The van der Waals surface area contributed by atoms with Crippen LogP contribution in [-0.4, -0.2) is 37.8 Å². The number of carbonyl (C=O) groups excluding carboxylic acids is 1. The SMILES string of the molecule is O=Cc1cc(Cl)ccc1OC1CCOC2(CCOCC2)C1. The summed E-state index contributed by atoms with van der Waals surface area (Å²) in [4.78, 5) is 11.1. The summed E-state index contributed by atoms with van der Waals surface area (Å²) in [6.45, 7) is 2.18. The summed E-state index contributed by atoms with van der Waals surface area (Å²) >= 11 is 5.91. The van der Waals surface area contributed by atoms with Crippen LogP contribution in [0, 0.1) is 0 Å². The minimum absolute atomic E-state index is 0.0664. The molecular formula is C16H19ClO4. The molecule has 0 radical (unpaired) electrons. The molecule has 2 aliphatic heterocycles. The Bertz CT molecular complexity index is 505. The average Bonchev–Trinajstić information content (AvgIpc) is 2.50. The second kappa shape index (κ2) is 6.34. The Balaban J connectivity index is 1.71. The Morgan fingerprint density at radius 1 is 1.29 bits per heavy atom. The standard InChI is InChI=1S/C16H19ClO4/c17-13-1-2-15(12(9-13)11-18)21-14-3-6-20-16(10-14)4-7-19-8-5-16/h1-2,9,11,14H,3-8,10H2. The van der Waals surface area contributed by atoms with E-state index in [-0.39, 0.29) is 11.7 Å². The van der Waals surface area contributed by atoms with Gasteiger partial charge in [-0.1, -0.05) is 11.6 Å². The molecule has 0 aromatic heterocycles. The number of ether oxygens (including phenoxy) is 3. The van der Waals surface area contributed by atoms with E-state index in [4.69, 9.17) is 25.8 Å². The zero-order valence-electron chi connectivity index (χ0n) is 11.8. The molecule has 2 saturated heterocycles. The van der Waals surface area contributed by atoms with Gasteiger partial charge in [0.05, 0.1) is 17.8 Å². The number of hydrogen-bond acceptors (Lipinski definition) is 4. The zero-order chi connectivity index (χ0) is 14.7. The van der Waals surface area contributed by atoms with Gasteiger partial charge < -0.3 is 14.2 Å². The van der Waals surface area contributed by atoms with Crippen molar-refractivity contribution in [3.8, 4) is 5.75 Å². The fourth-order valence-electron chi connectivity index (χ4n) is 3.07. The van der Waals surface area contributed by atoms with Gasteiger partial charge in [-0.3, -0.25) is 4.79 Å². The summed E-state index contributed by atoms with van der Waals surface area (Å²) in [5.74, 6) is 0.600. The van der Waals surface area contributed by atoms with Crippen LogP contribution in [0.4, 0.5) is 0 Å². The van der Waals surface area contributed by atoms with E-state index >= 15 is 0 Å². The predicted molar refractivity (Wildman–Crippen MR) is 79.2 cm³/mol. The molecule has 3 rings (SSSR count). The zero-order valence-corrected chi connectivity index (χ0v) is 12.6. The molecule has 0 aliphatic carbocycles. The number of rotatable bonds is 3. The molecule has 114 valence electrons. The summed E-state index contributed by atoms with van der Waals surface area (Å²) in [6.07, 6.45) is 4.35. The second-order valence-electron chi connectivity index (χ2n) is 5.68. The number of benzene rings is 1. The number of aldehydes is 1. The summed E-state index contributed by atoms with van der Waals surface area (Å²) < 4.78 is 17.5. The molecule has 5 heteroatoms. The van der Waals surface area contributed by atoms with Gasteiger partial charge in [-0.2, -0.15) is 0 Å². The van der Waals surface area contributed by atoms with Crippen LogP contribution in [0.15, 0.2) is 18.2 Å². The smallest absolute Gasteiger partial charge is 0.153 e. The van der Waals surface area contributed by atoms with E-state index in [2.05, 4.69) is 0 Å². The summed E-state index contributed by atoms with van der Waals surface area (Å²) in [6, 6.07) is 5.14. The van der Waals surface area contributed by atoms with Crippen molar-refractivity contribution in [1.29, 1.82) is 0 Å². The summed E-state index contributed by atoms with van der Waals surface area (Å²) in [5.41, 5.74) is 0.379. The van der Waals surface area contributed by atoms with E-state index in [9.17, 15) is 4.79 Å². The fraction of sp³-hybridized carbons (Fsp3) is 0.562. The van der Waals surface area contributed by atoms with Gasteiger partial charge in [-0.05, 0) is 31.0 Å². The molecule has 1 aromatic carbocycles. The molecule has 1 unspecified atom stereocenters. The largest absolute Gasteiger partial charge is 0.489 e.